The highest BCUT2D eigenvalue weighted by Crippen LogP contribution is 2.41. The molecule has 0 aliphatic heterocycles. The summed E-state index contributed by atoms with van der Waals surface area (Å²) in [6.45, 7) is 3.74. The summed E-state index contributed by atoms with van der Waals surface area (Å²) in [5.74, 6) is 0.902. The minimum atomic E-state index is -0.388. The van der Waals surface area contributed by atoms with E-state index in [9.17, 15) is 4.79 Å². The van der Waals surface area contributed by atoms with Gasteiger partial charge in [0.1, 0.15) is 11.8 Å². The van der Waals surface area contributed by atoms with E-state index in [1.165, 1.54) is 38.5 Å². The quantitative estimate of drug-likeness (QED) is 0.616. The van der Waals surface area contributed by atoms with Gasteiger partial charge in [0.15, 0.2) is 0 Å². The molecule has 1 N–H and O–H groups in total. The molecular weight excluding hydrogens is 226 g/mol. The molecule has 2 fully saturated rings. The molecule has 2 rings (SSSR count). The molecule has 0 spiro atoms. The Morgan fingerprint density at radius 1 is 1.11 bits per heavy atom. The van der Waals surface area contributed by atoms with Crippen molar-refractivity contribution in [2.45, 2.75) is 64.9 Å². The molecular formula is C15H25NO2. The Bertz CT molecular complexity index is 322. The molecule has 3 nitrogen and oxygen atoms in total. The molecule has 3 heteroatoms. The van der Waals surface area contributed by atoms with Gasteiger partial charge in [0.05, 0.1) is 0 Å². The zero-order chi connectivity index (χ0) is 13.1. The van der Waals surface area contributed by atoms with Crippen molar-refractivity contribution in [2.24, 2.45) is 17.8 Å². The summed E-state index contributed by atoms with van der Waals surface area (Å²) in [5, 5.41) is 7.73. The Morgan fingerprint density at radius 2 is 1.78 bits per heavy atom. The van der Waals surface area contributed by atoms with Crippen LogP contribution in [0.1, 0.15) is 58.8 Å². The van der Waals surface area contributed by atoms with Gasteiger partial charge in [-0.05, 0) is 37.5 Å². The van der Waals surface area contributed by atoms with E-state index in [1.54, 1.807) is 0 Å². The zero-order valence-corrected chi connectivity index (χ0v) is 11.6. The summed E-state index contributed by atoms with van der Waals surface area (Å²) in [7, 11) is 0. The van der Waals surface area contributed by atoms with Gasteiger partial charge in [0, 0.05) is 5.92 Å². The Hall–Kier alpha value is -0.860. The molecule has 2 aliphatic rings. The number of carbonyl (C=O) groups is 1. The van der Waals surface area contributed by atoms with Crippen LogP contribution in [-0.2, 0) is 9.53 Å². The van der Waals surface area contributed by atoms with Crippen LogP contribution in [0.5, 0.6) is 0 Å². The minimum absolute atomic E-state index is 0.0387. The summed E-state index contributed by atoms with van der Waals surface area (Å²) < 4.78 is 5.62. The Kier molecular flexibility index (Phi) is 4.41. The number of hydrogen-bond donors (Lipinski definition) is 1. The van der Waals surface area contributed by atoms with Crippen molar-refractivity contribution >= 4 is 11.7 Å². The van der Waals surface area contributed by atoms with Crippen molar-refractivity contribution in [3.8, 4) is 0 Å². The number of fused-ring (bicyclic) bond motifs is 1. The fraction of sp³-hybridized carbons (Fsp3) is 0.867. The summed E-state index contributed by atoms with van der Waals surface area (Å²) in [4.78, 5) is 11.9. The monoisotopic (exact) mass is 251 g/mol. The first-order valence-corrected chi connectivity index (χ1v) is 7.39. The molecule has 0 aromatic heterocycles. The van der Waals surface area contributed by atoms with Gasteiger partial charge >= 0.3 is 5.97 Å². The lowest BCUT2D eigenvalue weighted by Crippen LogP contribution is -2.39. The van der Waals surface area contributed by atoms with Crippen molar-refractivity contribution in [1.29, 1.82) is 5.41 Å². The summed E-state index contributed by atoms with van der Waals surface area (Å²) in [6, 6.07) is 0. The summed E-state index contributed by atoms with van der Waals surface area (Å²) >= 11 is 0. The van der Waals surface area contributed by atoms with Crippen LogP contribution in [0, 0.1) is 23.2 Å². The van der Waals surface area contributed by atoms with E-state index < -0.39 is 0 Å². The van der Waals surface area contributed by atoms with E-state index >= 15 is 0 Å². The maximum Gasteiger partial charge on any atom is 0.352 e. The molecule has 2 aliphatic carbocycles. The van der Waals surface area contributed by atoms with Crippen molar-refractivity contribution in [1.82, 2.24) is 0 Å². The van der Waals surface area contributed by atoms with Crippen molar-refractivity contribution < 1.29 is 9.53 Å². The third kappa shape index (κ3) is 2.93. The average molecular weight is 251 g/mol. The van der Waals surface area contributed by atoms with Gasteiger partial charge in [-0.2, -0.15) is 0 Å². The summed E-state index contributed by atoms with van der Waals surface area (Å²) in [5.41, 5.74) is 0.118. The largest absolute Gasteiger partial charge is 0.458 e. The highest BCUT2D eigenvalue weighted by Gasteiger charge is 2.37. The number of esters is 1. The van der Waals surface area contributed by atoms with Gasteiger partial charge in [-0.1, -0.05) is 33.1 Å². The SMILES string of the molecule is CC(C)C(=N)C(=O)OC1CCCC2CCCCC21. The Balaban J connectivity index is 1.95. The van der Waals surface area contributed by atoms with E-state index in [4.69, 9.17) is 10.1 Å². The highest BCUT2D eigenvalue weighted by molar-refractivity contribution is 6.35. The Labute approximate surface area is 110 Å². The highest BCUT2D eigenvalue weighted by atomic mass is 16.5. The number of rotatable bonds is 3. The zero-order valence-electron chi connectivity index (χ0n) is 11.6. The van der Waals surface area contributed by atoms with Gasteiger partial charge < -0.3 is 4.74 Å². The lowest BCUT2D eigenvalue weighted by atomic mass is 9.69. The molecule has 2 saturated carbocycles. The van der Waals surface area contributed by atoms with Crippen molar-refractivity contribution in [3.05, 3.63) is 0 Å². The minimum Gasteiger partial charge on any atom is -0.458 e. The first kappa shape index (κ1) is 13.6. The van der Waals surface area contributed by atoms with Gasteiger partial charge in [0.2, 0.25) is 0 Å². The second-order valence-corrected chi connectivity index (χ2v) is 6.15. The third-order valence-electron chi connectivity index (χ3n) is 4.56. The molecule has 3 atom stereocenters. The first-order chi connectivity index (χ1) is 8.59. The second kappa shape index (κ2) is 5.85. The topological polar surface area (TPSA) is 50.2 Å². The lowest BCUT2D eigenvalue weighted by molar-refractivity contribution is -0.148. The van der Waals surface area contributed by atoms with Crippen LogP contribution >= 0.6 is 0 Å². The van der Waals surface area contributed by atoms with Crippen LogP contribution in [0.4, 0.5) is 0 Å². The maximum absolute atomic E-state index is 11.9. The van der Waals surface area contributed by atoms with E-state index in [1.807, 2.05) is 13.8 Å². The molecule has 18 heavy (non-hydrogen) atoms. The van der Waals surface area contributed by atoms with E-state index in [-0.39, 0.29) is 23.7 Å². The molecule has 0 amide bonds. The van der Waals surface area contributed by atoms with Gasteiger partial charge in [-0.15, -0.1) is 0 Å². The fourth-order valence-electron chi connectivity index (χ4n) is 3.46. The van der Waals surface area contributed by atoms with Gasteiger partial charge in [-0.25, -0.2) is 4.79 Å². The fourth-order valence-corrected chi connectivity index (χ4v) is 3.46. The summed E-state index contributed by atoms with van der Waals surface area (Å²) in [6.07, 6.45) is 8.68. The normalized spacial score (nSPS) is 31.8. The first-order valence-electron chi connectivity index (χ1n) is 7.39. The molecule has 0 aromatic carbocycles. The van der Waals surface area contributed by atoms with Crippen LogP contribution in [-0.4, -0.2) is 17.8 Å². The molecule has 102 valence electrons. The molecule has 0 radical (unpaired) electrons. The number of ether oxygens (including phenoxy) is 1. The van der Waals surface area contributed by atoms with Crippen molar-refractivity contribution in [3.63, 3.8) is 0 Å². The smallest absolute Gasteiger partial charge is 0.352 e. The maximum atomic E-state index is 11.9. The van der Waals surface area contributed by atoms with Crippen molar-refractivity contribution in [2.75, 3.05) is 0 Å². The Morgan fingerprint density at radius 3 is 2.50 bits per heavy atom. The molecule has 0 bridgehead atoms. The number of hydrogen-bond acceptors (Lipinski definition) is 3. The predicted molar refractivity (Wildman–Crippen MR) is 71.7 cm³/mol. The molecule has 0 aromatic rings. The third-order valence-corrected chi connectivity index (χ3v) is 4.56. The van der Waals surface area contributed by atoms with E-state index in [2.05, 4.69) is 0 Å². The van der Waals surface area contributed by atoms with Crippen LogP contribution < -0.4 is 0 Å². The number of carbonyl (C=O) groups excluding carboxylic acids is 1. The standard InChI is InChI=1S/C15H25NO2/c1-10(2)14(16)15(17)18-13-9-5-7-11-6-3-4-8-12(11)13/h10-13,16H,3-9H2,1-2H3. The predicted octanol–water partition coefficient (Wildman–Crippen LogP) is 3.56. The van der Waals surface area contributed by atoms with E-state index in [0.29, 0.717) is 5.92 Å². The van der Waals surface area contributed by atoms with Crippen LogP contribution in [0.2, 0.25) is 0 Å². The molecule has 0 heterocycles. The van der Waals surface area contributed by atoms with E-state index in [0.717, 1.165) is 12.3 Å². The molecule has 0 saturated heterocycles. The van der Waals surface area contributed by atoms with Crippen LogP contribution in [0.3, 0.4) is 0 Å². The second-order valence-electron chi connectivity index (χ2n) is 6.15. The number of nitrogens with one attached hydrogen (secondary N) is 1. The van der Waals surface area contributed by atoms with Gasteiger partial charge in [0.25, 0.3) is 0 Å². The lowest BCUT2D eigenvalue weighted by Gasteiger charge is -2.40. The van der Waals surface area contributed by atoms with Gasteiger partial charge in [-0.3, -0.25) is 5.41 Å². The van der Waals surface area contributed by atoms with Crippen LogP contribution in [0.25, 0.3) is 0 Å². The molecule has 3 unspecified atom stereocenters. The van der Waals surface area contributed by atoms with Crippen LogP contribution in [0.15, 0.2) is 0 Å². The average Bonchev–Trinajstić information content (AvgIpc) is 2.38.